The Bertz CT molecular complexity index is 727. The van der Waals surface area contributed by atoms with Gasteiger partial charge in [0.25, 0.3) is 5.91 Å². The van der Waals surface area contributed by atoms with Crippen LogP contribution in [0.4, 0.5) is 13.2 Å². The molecule has 1 saturated heterocycles. The molecule has 1 aromatic carbocycles. The van der Waals surface area contributed by atoms with Crippen molar-refractivity contribution in [2.75, 3.05) is 20.1 Å². The van der Waals surface area contributed by atoms with Crippen LogP contribution in [0.15, 0.2) is 24.5 Å². The zero-order valence-electron chi connectivity index (χ0n) is 12.8. The number of imidazole rings is 1. The van der Waals surface area contributed by atoms with Gasteiger partial charge in [-0.2, -0.15) is 13.2 Å². The minimum atomic E-state index is -4.37. The van der Waals surface area contributed by atoms with E-state index in [2.05, 4.69) is 9.97 Å². The Morgan fingerprint density at radius 2 is 2.09 bits per heavy atom. The van der Waals surface area contributed by atoms with Gasteiger partial charge in [-0.3, -0.25) is 9.69 Å². The molecule has 2 aromatic rings. The van der Waals surface area contributed by atoms with Crippen molar-refractivity contribution in [2.24, 2.45) is 0 Å². The third-order valence-electron chi connectivity index (χ3n) is 4.40. The zero-order valence-corrected chi connectivity index (χ0v) is 12.8. The summed E-state index contributed by atoms with van der Waals surface area (Å²) >= 11 is 0. The fourth-order valence-corrected chi connectivity index (χ4v) is 2.92. The van der Waals surface area contributed by atoms with Gasteiger partial charge in [0.2, 0.25) is 0 Å². The molecule has 0 bridgehead atoms. The quantitative estimate of drug-likeness (QED) is 0.875. The van der Waals surface area contributed by atoms with Crippen LogP contribution >= 0.6 is 0 Å². The summed E-state index contributed by atoms with van der Waals surface area (Å²) in [6, 6.07) is 2.88. The number of benzene rings is 1. The molecule has 1 N–H and O–H groups in total. The molecule has 3 rings (SSSR count). The maximum atomic E-state index is 13.2. The fraction of sp³-hybridized carbons (Fsp3) is 0.467. The highest BCUT2D eigenvalue weighted by molar-refractivity contribution is 5.97. The SMILES string of the molecule is CC1CN(C(=O)c2ccc3nc[nH]c3c2)CC(C(F)(F)F)N1C. The Kier molecular flexibility index (Phi) is 3.79. The van der Waals surface area contributed by atoms with Crippen molar-refractivity contribution in [3.63, 3.8) is 0 Å². The average Bonchev–Trinajstić information content (AvgIpc) is 2.95. The third kappa shape index (κ3) is 2.90. The lowest BCUT2D eigenvalue weighted by atomic mass is 10.1. The van der Waals surface area contributed by atoms with Crippen LogP contribution in [-0.2, 0) is 0 Å². The summed E-state index contributed by atoms with van der Waals surface area (Å²) in [5, 5.41) is 0. The molecule has 124 valence electrons. The lowest BCUT2D eigenvalue weighted by Crippen LogP contribution is -2.62. The molecular weight excluding hydrogens is 309 g/mol. The van der Waals surface area contributed by atoms with Crippen LogP contribution in [-0.4, -0.2) is 64.1 Å². The molecule has 2 heterocycles. The van der Waals surface area contributed by atoms with Crippen molar-refractivity contribution < 1.29 is 18.0 Å². The second-order valence-electron chi connectivity index (χ2n) is 5.92. The van der Waals surface area contributed by atoms with Gasteiger partial charge in [0.1, 0.15) is 6.04 Å². The van der Waals surface area contributed by atoms with Gasteiger partial charge in [0.05, 0.1) is 17.4 Å². The van der Waals surface area contributed by atoms with Crippen LogP contribution < -0.4 is 0 Å². The topological polar surface area (TPSA) is 52.2 Å². The summed E-state index contributed by atoms with van der Waals surface area (Å²) in [6.07, 6.45) is -2.86. The number of halogens is 3. The predicted octanol–water partition coefficient (Wildman–Crippen LogP) is 2.27. The van der Waals surface area contributed by atoms with Gasteiger partial charge in [0.15, 0.2) is 0 Å². The van der Waals surface area contributed by atoms with Crippen LogP contribution in [0.3, 0.4) is 0 Å². The Hall–Kier alpha value is -2.09. The molecule has 1 aromatic heterocycles. The standard InChI is InChI=1S/C15H17F3N4O/c1-9-6-22(7-13(21(9)2)15(16,17)18)14(23)10-3-4-11-12(5-10)20-8-19-11/h3-5,8-9,13H,6-7H2,1-2H3,(H,19,20). The number of rotatable bonds is 1. The molecule has 1 aliphatic rings. The van der Waals surface area contributed by atoms with E-state index >= 15 is 0 Å². The van der Waals surface area contributed by atoms with Gasteiger partial charge >= 0.3 is 6.18 Å². The Morgan fingerprint density at radius 3 is 2.78 bits per heavy atom. The first-order valence-corrected chi connectivity index (χ1v) is 7.28. The number of amides is 1. The van der Waals surface area contributed by atoms with Crippen molar-refractivity contribution in [1.29, 1.82) is 0 Å². The first kappa shape index (κ1) is 15.8. The number of nitrogens with zero attached hydrogens (tertiary/aromatic N) is 3. The number of hydrogen-bond donors (Lipinski definition) is 1. The van der Waals surface area contributed by atoms with E-state index in [1.807, 2.05) is 0 Å². The third-order valence-corrected chi connectivity index (χ3v) is 4.40. The van der Waals surface area contributed by atoms with Crippen molar-refractivity contribution in [3.05, 3.63) is 30.1 Å². The number of fused-ring (bicyclic) bond motifs is 1. The molecule has 0 radical (unpaired) electrons. The van der Waals surface area contributed by atoms with Crippen LogP contribution in [0, 0.1) is 0 Å². The van der Waals surface area contributed by atoms with Gasteiger partial charge < -0.3 is 9.88 Å². The molecule has 1 amide bonds. The Morgan fingerprint density at radius 1 is 1.35 bits per heavy atom. The van der Waals surface area contributed by atoms with Gasteiger partial charge in [-0.15, -0.1) is 0 Å². The van der Waals surface area contributed by atoms with Crippen molar-refractivity contribution in [1.82, 2.24) is 19.8 Å². The smallest absolute Gasteiger partial charge is 0.345 e. The number of carbonyl (C=O) groups is 1. The molecule has 0 spiro atoms. The first-order valence-electron chi connectivity index (χ1n) is 7.28. The second kappa shape index (κ2) is 5.52. The number of likely N-dealkylation sites (N-methyl/N-ethyl adjacent to an activating group) is 1. The first-order chi connectivity index (χ1) is 10.8. The molecule has 2 unspecified atom stereocenters. The molecular formula is C15H17F3N4O. The largest absolute Gasteiger partial charge is 0.405 e. The Balaban J connectivity index is 1.86. The number of nitrogens with one attached hydrogen (secondary N) is 1. The van der Waals surface area contributed by atoms with E-state index in [4.69, 9.17) is 0 Å². The molecule has 1 aliphatic heterocycles. The number of aromatic amines is 1. The van der Waals surface area contributed by atoms with Crippen LogP contribution in [0.5, 0.6) is 0 Å². The summed E-state index contributed by atoms with van der Waals surface area (Å²) in [7, 11) is 1.45. The number of carbonyl (C=O) groups excluding carboxylic acids is 1. The number of piperazine rings is 1. The number of H-pyrrole nitrogens is 1. The van der Waals surface area contributed by atoms with Crippen molar-refractivity contribution in [2.45, 2.75) is 25.2 Å². The van der Waals surface area contributed by atoms with E-state index in [1.165, 1.54) is 23.2 Å². The molecule has 0 saturated carbocycles. The lowest BCUT2D eigenvalue weighted by molar-refractivity contribution is -0.197. The van der Waals surface area contributed by atoms with Gasteiger partial charge in [-0.05, 0) is 32.2 Å². The molecule has 1 fully saturated rings. The minimum absolute atomic E-state index is 0.267. The summed E-state index contributed by atoms with van der Waals surface area (Å²) in [6.45, 7) is 1.60. The molecule has 0 aliphatic carbocycles. The molecule has 5 nitrogen and oxygen atoms in total. The summed E-state index contributed by atoms with van der Waals surface area (Å²) in [5.41, 5.74) is 1.76. The molecule has 23 heavy (non-hydrogen) atoms. The number of hydrogen-bond acceptors (Lipinski definition) is 3. The second-order valence-corrected chi connectivity index (χ2v) is 5.92. The van der Waals surface area contributed by atoms with E-state index < -0.39 is 18.1 Å². The number of aromatic nitrogens is 2. The normalized spacial score (nSPS) is 23.4. The summed E-state index contributed by atoms with van der Waals surface area (Å²) < 4.78 is 39.5. The fourth-order valence-electron chi connectivity index (χ4n) is 2.92. The van der Waals surface area contributed by atoms with Gasteiger partial charge in [-0.1, -0.05) is 0 Å². The highest BCUT2D eigenvalue weighted by Crippen LogP contribution is 2.29. The van der Waals surface area contributed by atoms with Crippen LogP contribution in [0.1, 0.15) is 17.3 Å². The lowest BCUT2D eigenvalue weighted by Gasteiger charge is -2.44. The van der Waals surface area contributed by atoms with Crippen LogP contribution in [0.25, 0.3) is 11.0 Å². The average molecular weight is 326 g/mol. The van der Waals surface area contributed by atoms with Crippen molar-refractivity contribution >= 4 is 16.9 Å². The summed E-state index contributed by atoms with van der Waals surface area (Å²) in [5.74, 6) is -0.393. The monoisotopic (exact) mass is 326 g/mol. The Labute approximate surface area is 131 Å². The minimum Gasteiger partial charge on any atom is -0.345 e. The zero-order chi connectivity index (χ0) is 16.8. The highest BCUT2D eigenvalue weighted by Gasteiger charge is 2.47. The predicted molar refractivity (Wildman–Crippen MR) is 79.1 cm³/mol. The van der Waals surface area contributed by atoms with Gasteiger partial charge in [0, 0.05) is 24.7 Å². The number of alkyl halides is 3. The van der Waals surface area contributed by atoms with E-state index in [1.54, 1.807) is 25.1 Å². The summed E-state index contributed by atoms with van der Waals surface area (Å²) in [4.78, 5) is 22.1. The van der Waals surface area contributed by atoms with Crippen molar-refractivity contribution in [3.8, 4) is 0 Å². The van der Waals surface area contributed by atoms with Gasteiger partial charge in [-0.25, -0.2) is 4.98 Å². The molecule has 8 heteroatoms. The van der Waals surface area contributed by atoms with E-state index in [0.29, 0.717) is 16.6 Å². The van der Waals surface area contributed by atoms with E-state index in [0.717, 1.165) is 0 Å². The maximum absolute atomic E-state index is 13.2. The van der Waals surface area contributed by atoms with E-state index in [-0.39, 0.29) is 19.1 Å². The highest BCUT2D eigenvalue weighted by atomic mass is 19.4. The van der Waals surface area contributed by atoms with Crippen LogP contribution in [0.2, 0.25) is 0 Å². The maximum Gasteiger partial charge on any atom is 0.405 e. The molecule has 2 atom stereocenters. The van der Waals surface area contributed by atoms with E-state index in [9.17, 15) is 18.0 Å².